The Balaban J connectivity index is 1.84. The highest BCUT2D eigenvalue weighted by atomic mass is 32.1. The van der Waals surface area contributed by atoms with E-state index in [4.69, 9.17) is 14.6 Å². The third-order valence-electron chi connectivity index (χ3n) is 4.70. The summed E-state index contributed by atoms with van der Waals surface area (Å²) in [6, 6.07) is 20.3. The van der Waals surface area contributed by atoms with E-state index in [1.54, 1.807) is 21.3 Å². The van der Waals surface area contributed by atoms with Gasteiger partial charge in [-0.25, -0.2) is 4.68 Å². The Morgan fingerprint density at radius 3 is 2.59 bits per heavy atom. The lowest BCUT2D eigenvalue weighted by Gasteiger charge is -2.11. The molecular formula is C23H21N3O2S. The number of fused-ring (bicyclic) bond motifs is 1. The van der Waals surface area contributed by atoms with Gasteiger partial charge in [-0.1, -0.05) is 42.5 Å². The summed E-state index contributed by atoms with van der Waals surface area (Å²) in [4.78, 5) is 5.18. The van der Waals surface area contributed by atoms with E-state index in [-0.39, 0.29) is 0 Å². The molecule has 0 saturated heterocycles. The van der Waals surface area contributed by atoms with Gasteiger partial charge in [-0.3, -0.25) is 4.99 Å². The van der Waals surface area contributed by atoms with Gasteiger partial charge in [-0.05, 0) is 22.9 Å². The Labute approximate surface area is 173 Å². The minimum atomic E-state index is 0.721. The van der Waals surface area contributed by atoms with E-state index in [9.17, 15) is 0 Å². The van der Waals surface area contributed by atoms with Crippen molar-refractivity contribution >= 4 is 28.3 Å². The van der Waals surface area contributed by atoms with E-state index in [0.29, 0.717) is 0 Å². The van der Waals surface area contributed by atoms with Crippen LogP contribution in [-0.4, -0.2) is 32.2 Å². The first-order valence-electron chi connectivity index (χ1n) is 9.13. The minimum Gasteiger partial charge on any atom is -0.497 e. The smallest absolute Gasteiger partial charge is 0.205 e. The molecule has 4 aromatic rings. The molecule has 0 radical (unpaired) electrons. The van der Waals surface area contributed by atoms with Crippen molar-refractivity contribution in [2.24, 2.45) is 10.1 Å². The van der Waals surface area contributed by atoms with Crippen LogP contribution in [0, 0.1) is 0 Å². The van der Waals surface area contributed by atoms with Gasteiger partial charge in [0.2, 0.25) is 4.80 Å². The van der Waals surface area contributed by atoms with Gasteiger partial charge >= 0.3 is 0 Å². The van der Waals surface area contributed by atoms with Crippen molar-refractivity contribution in [3.63, 3.8) is 0 Å². The van der Waals surface area contributed by atoms with E-state index in [0.717, 1.165) is 38.5 Å². The maximum absolute atomic E-state index is 5.59. The standard InChI is InChI=1S/C23H21N3O2S/c1-24-23-26(25-14-17-9-6-8-16-7-4-5-10-19(16)17)21(15-29-23)20-12-11-18(27-2)13-22(20)28-3/h4-15H,1-3H3. The van der Waals surface area contributed by atoms with E-state index < -0.39 is 0 Å². The highest BCUT2D eigenvalue weighted by molar-refractivity contribution is 7.07. The van der Waals surface area contributed by atoms with Crippen molar-refractivity contribution in [3.05, 3.63) is 76.4 Å². The molecule has 29 heavy (non-hydrogen) atoms. The fourth-order valence-electron chi connectivity index (χ4n) is 3.24. The molecule has 1 heterocycles. The summed E-state index contributed by atoms with van der Waals surface area (Å²) in [5.41, 5.74) is 2.89. The first-order valence-corrected chi connectivity index (χ1v) is 10.0. The first kappa shape index (κ1) is 19.0. The minimum absolute atomic E-state index is 0.721. The summed E-state index contributed by atoms with van der Waals surface area (Å²) in [5, 5.41) is 9.15. The molecule has 5 nitrogen and oxygen atoms in total. The molecule has 0 fully saturated rings. The molecular weight excluding hydrogens is 382 g/mol. The lowest BCUT2D eigenvalue weighted by atomic mass is 10.1. The van der Waals surface area contributed by atoms with Crippen LogP contribution in [0.2, 0.25) is 0 Å². The number of aromatic nitrogens is 1. The molecule has 0 atom stereocenters. The number of nitrogens with zero attached hydrogens (tertiary/aromatic N) is 3. The molecule has 0 N–H and O–H groups in total. The highest BCUT2D eigenvalue weighted by Crippen LogP contribution is 2.33. The Morgan fingerprint density at radius 1 is 0.966 bits per heavy atom. The van der Waals surface area contributed by atoms with Gasteiger partial charge in [0, 0.05) is 29.6 Å². The Bertz CT molecular complexity index is 1250. The molecule has 6 heteroatoms. The second kappa shape index (κ2) is 8.32. The number of thiazole rings is 1. The molecule has 0 saturated carbocycles. The van der Waals surface area contributed by atoms with Crippen LogP contribution in [0.4, 0.5) is 0 Å². The zero-order valence-electron chi connectivity index (χ0n) is 16.5. The summed E-state index contributed by atoms with van der Waals surface area (Å²) in [5.74, 6) is 1.46. The normalized spacial score (nSPS) is 12.0. The second-order valence-corrected chi connectivity index (χ2v) is 7.15. The quantitative estimate of drug-likeness (QED) is 0.450. The number of benzene rings is 3. The fraction of sp³-hybridized carbons (Fsp3) is 0.130. The number of hydrogen-bond acceptors (Lipinski definition) is 5. The van der Waals surface area contributed by atoms with Gasteiger partial charge in [0.05, 0.1) is 26.1 Å². The zero-order valence-corrected chi connectivity index (χ0v) is 17.3. The third-order valence-corrected chi connectivity index (χ3v) is 5.60. The van der Waals surface area contributed by atoms with Crippen LogP contribution < -0.4 is 14.3 Å². The SMILES string of the molecule is CN=c1scc(-c2ccc(OC)cc2OC)n1N=Cc1cccc2ccccc12. The molecule has 3 aromatic carbocycles. The lowest BCUT2D eigenvalue weighted by Crippen LogP contribution is -2.11. The van der Waals surface area contributed by atoms with Crippen molar-refractivity contribution in [1.82, 2.24) is 4.68 Å². The largest absolute Gasteiger partial charge is 0.497 e. The maximum atomic E-state index is 5.59. The van der Waals surface area contributed by atoms with Crippen molar-refractivity contribution in [2.75, 3.05) is 21.3 Å². The number of hydrogen-bond donors (Lipinski definition) is 0. The molecule has 0 bridgehead atoms. The molecule has 1 aromatic heterocycles. The summed E-state index contributed by atoms with van der Waals surface area (Å²) < 4.78 is 12.8. The van der Waals surface area contributed by atoms with Gasteiger partial charge in [0.1, 0.15) is 11.5 Å². The predicted octanol–water partition coefficient (Wildman–Crippen LogP) is 4.80. The van der Waals surface area contributed by atoms with Crippen LogP contribution in [0.3, 0.4) is 0 Å². The van der Waals surface area contributed by atoms with Crippen LogP contribution in [-0.2, 0) is 0 Å². The van der Waals surface area contributed by atoms with Crippen LogP contribution >= 0.6 is 11.3 Å². The van der Waals surface area contributed by atoms with Gasteiger partial charge in [-0.2, -0.15) is 5.10 Å². The van der Waals surface area contributed by atoms with Crippen molar-refractivity contribution in [2.45, 2.75) is 0 Å². The monoisotopic (exact) mass is 403 g/mol. The van der Waals surface area contributed by atoms with Crippen LogP contribution in [0.1, 0.15) is 5.56 Å². The molecule has 0 unspecified atom stereocenters. The Morgan fingerprint density at radius 2 is 1.79 bits per heavy atom. The second-order valence-electron chi connectivity index (χ2n) is 6.32. The Kier molecular flexibility index (Phi) is 5.44. The van der Waals surface area contributed by atoms with Gasteiger partial charge in [-0.15, -0.1) is 11.3 Å². The van der Waals surface area contributed by atoms with Crippen molar-refractivity contribution < 1.29 is 9.47 Å². The van der Waals surface area contributed by atoms with Gasteiger partial charge in [0.25, 0.3) is 0 Å². The zero-order chi connectivity index (χ0) is 20.2. The van der Waals surface area contributed by atoms with Crippen molar-refractivity contribution in [3.8, 4) is 22.8 Å². The van der Waals surface area contributed by atoms with E-state index >= 15 is 0 Å². The number of ether oxygens (including phenoxy) is 2. The van der Waals surface area contributed by atoms with E-state index in [1.165, 1.54) is 16.7 Å². The third kappa shape index (κ3) is 3.67. The summed E-state index contributed by atoms with van der Waals surface area (Å²) in [6.07, 6.45) is 1.88. The molecule has 0 aliphatic carbocycles. The predicted molar refractivity (Wildman–Crippen MR) is 119 cm³/mol. The van der Waals surface area contributed by atoms with Crippen molar-refractivity contribution in [1.29, 1.82) is 0 Å². The summed E-state index contributed by atoms with van der Waals surface area (Å²) >= 11 is 1.53. The van der Waals surface area contributed by atoms with Crippen LogP contribution in [0.25, 0.3) is 22.0 Å². The van der Waals surface area contributed by atoms with E-state index in [1.807, 2.05) is 52.7 Å². The van der Waals surface area contributed by atoms with Gasteiger partial charge in [0.15, 0.2) is 0 Å². The summed E-state index contributed by atoms with van der Waals surface area (Å²) in [7, 11) is 5.06. The molecule has 0 spiro atoms. The van der Waals surface area contributed by atoms with Gasteiger partial charge < -0.3 is 9.47 Å². The van der Waals surface area contributed by atoms with E-state index in [2.05, 4.69) is 29.3 Å². The number of rotatable bonds is 5. The molecule has 0 aliphatic rings. The Hall–Kier alpha value is -3.38. The lowest BCUT2D eigenvalue weighted by molar-refractivity contribution is 0.395. The molecule has 146 valence electrons. The maximum Gasteiger partial charge on any atom is 0.205 e. The highest BCUT2D eigenvalue weighted by Gasteiger charge is 2.13. The fourth-order valence-corrected chi connectivity index (χ4v) is 4.04. The van der Waals surface area contributed by atoms with Crippen LogP contribution in [0.15, 0.2) is 76.1 Å². The average Bonchev–Trinajstić information content (AvgIpc) is 3.19. The summed E-state index contributed by atoms with van der Waals surface area (Å²) in [6.45, 7) is 0. The van der Waals surface area contributed by atoms with Crippen LogP contribution in [0.5, 0.6) is 11.5 Å². The topological polar surface area (TPSA) is 48.1 Å². The molecule has 4 rings (SSSR count). The molecule has 0 aliphatic heterocycles. The number of methoxy groups -OCH3 is 2. The molecule has 0 amide bonds. The average molecular weight is 404 g/mol. The first-order chi connectivity index (χ1) is 14.2.